The van der Waals surface area contributed by atoms with Gasteiger partial charge in [0.05, 0.1) is 13.2 Å². The van der Waals surface area contributed by atoms with Gasteiger partial charge in [0.15, 0.2) is 0 Å². The molecule has 5 heteroatoms. The molecule has 2 aromatic carbocycles. The summed E-state index contributed by atoms with van der Waals surface area (Å²) >= 11 is 0. The van der Waals surface area contributed by atoms with E-state index in [4.69, 9.17) is 4.74 Å². The first-order valence-corrected chi connectivity index (χ1v) is 8.98. The Morgan fingerprint density at radius 2 is 1.85 bits per heavy atom. The average molecular weight is 349 g/mol. The first kappa shape index (κ1) is 16.7. The summed E-state index contributed by atoms with van der Waals surface area (Å²) in [6.07, 6.45) is 0. The lowest BCUT2D eigenvalue weighted by Crippen LogP contribution is -2.36. The summed E-state index contributed by atoms with van der Waals surface area (Å²) in [7, 11) is 0. The number of nitrogens with zero attached hydrogens (tertiary/aromatic N) is 1. The Morgan fingerprint density at radius 1 is 1.08 bits per heavy atom. The second kappa shape index (κ2) is 7.22. The van der Waals surface area contributed by atoms with Crippen LogP contribution in [0.5, 0.6) is 0 Å². The number of rotatable bonds is 4. The fourth-order valence-corrected chi connectivity index (χ4v) is 3.30. The maximum atomic E-state index is 12.3. The van der Waals surface area contributed by atoms with Gasteiger partial charge in [-0.25, -0.2) is 0 Å². The van der Waals surface area contributed by atoms with Gasteiger partial charge in [-0.2, -0.15) is 0 Å². The molecule has 0 atom stereocenters. The Morgan fingerprint density at radius 3 is 2.62 bits per heavy atom. The molecule has 0 spiro atoms. The molecule has 2 N–H and O–H groups in total. The highest BCUT2D eigenvalue weighted by atomic mass is 16.5. The molecular weight excluding hydrogens is 326 g/mol. The van der Waals surface area contributed by atoms with Gasteiger partial charge in [0.2, 0.25) is 0 Å². The molecule has 3 aromatic rings. The number of pyridine rings is 1. The molecule has 0 radical (unpaired) electrons. The van der Waals surface area contributed by atoms with E-state index in [1.54, 1.807) is 0 Å². The summed E-state index contributed by atoms with van der Waals surface area (Å²) in [4.78, 5) is 17.6. The minimum absolute atomic E-state index is 0.0412. The number of aromatic amines is 1. The van der Waals surface area contributed by atoms with Crippen LogP contribution in [0.25, 0.3) is 10.9 Å². The van der Waals surface area contributed by atoms with Crippen LogP contribution in [0.2, 0.25) is 0 Å². The van der Waals surface area contributed by atoms with Crippen LogP contribution in [-0.4, -0.2) is 31.3 Å². The second-order valence-electron chi connectivity index (χ2n) is 6.71. The van der Waals surface area contributed by atoms with Crippen molar-refractivity contribution in [3.05, 3.63) is 70.0 Å². The Hall–Kier alpha value is -2.79. The van der Waals surface area contributed by atoms with Crippen molar-refractivity contribution >= 4 is 22.3 Å². The highest BCUT2D eigenvalue weighted by molar-refractivity contribution is 5.79. The van der Waals surface area contributed by atoms with E-state index >= 15 is 0 Å². The largest absolute Gasteiger partial charge is 0.381 e. The summed E-state index contributed by atoms with van der Waals surface area (Å²) in [6.45, 7) is 5.94. The number of aryl methyl sites for hydroxylation is 1. The van der Waals surface area contributed by atoms with Gasteiger partial charge in [-0.3, -0.25) is 4.79 Å². The summed E-state index contributed by atoms with van der Waals surface area (Å²) in [5.74, 6) is 0. The van der Waals surface area contributed by atoms with E-state index in [-0.39, 0.29) is 5.56 Å². The average Bonchev–Trinajstić information content (AvgIpc) is 2.67. The van der Waals surface area contributed by atoms with Crippen molar-refractivity contribution in [3.8, 4) is 0 Å². The van der Waals surface area contributed by atoms with Gasteiger partial charge in [0, 0.05) is 42.1 Å². The number of aromatic nitrogens is 1. The van der Waals surface area contributed by atoms with Crippen LogP contribution < -0.4 is 15.8 Å². The third-order valence-electron chi connectivity index (χ3n) is 4.80. The minimum Gasteiger partial charge on any atom is -0.381 e. The van der Waals surface area contributed by atoms with Gasteiger partial charge < -0.3 is 19.9 Å². The molecule has 0 saturated carbocycles. The number of hydrogen-bond acceptors (Lipinski definition) is 4. The van der Waals surface area contributed by atoms with Gasteiger partial charge >= 0.3 is 0 Å². The van der Waals surface area contributed by atoms with Crippen LogP contribution in [-0.2, 0) is 11.3 Å². The second-order valence-corrected chi connectivity index (χ2v) is 6.71. The van der Waals surface area contributed by atoms with Crippen LogP contribution in [0.3, 0.4) is 0 Å². The molecule has 134 valence electrons. The van der Waals surface area contributed by atoms with Crippen molar-refractivity contribution in [3.63, 3.8) is 0 Å². The molecule has 0 bridgehead atoms. The van der Waals surface area contributed by atoms with Crippen LogP contribution in [0, 0.1) is 6.92 Å². The molecule has 1 aromatic heterocycles. The lowest BCUT2D eigenvalue weighted by molar-refractivity contribution is 0.122. The molecular formula is C21H23N3O2. The Balaban J connectivity index is 1.46. The van der Waals surface area contributed by atoms with E-state index in [1.165, 1.54) is 5.69 Å². The van der Waals surface area contributed by atoms with Gasteiger partial charge in [-0.05, 0) is 54.3 Å². The predicted molar refractivity (Wildman–Crippen MR) is 106 cm³/mol. The maximum Gasteiger partial charge on any atom is 0.253 e. The molecule has 1 aliphatic rings. The summed E-state index contributed by atoms with van der Waals surface area (Å²) in [6, 6.07) is 16.4. The van der Waals surface area contributed by atoms with E-state index in [2.05, 4.69) is 45.5 Å². The third kappa shape index (κ3) is 3.58. The van der Waals surface area contributed by atoms with Crippen LogP contribution in [0.4, 0.5) is 11.4 Å². The van der Waals surface area contributed by atoms with Crippen LogP contribution in [0.1, 0.15) is 11.1 Å². The molecule has 1 fully saturated rings. The molecule has 2 heterocycles. The molecule has 0 amide bonds. The summed E-state index contributed by atoms with van der Waals surface area (Å²) in [5, 5.41) is 4.40. The van der Waals surface area contributed by atoms with Crippen molar-refractivity contribution in [1.82, 2.24) is 4.98 Å². The normalized spacial score (nSPS) is 14.6. The van der Waals surface area contributed by atoms with Crippen molar-refractivity contribution in [1.29, 1.82) is 0 Å². The van der Waals surface area contributed by atoms with Crippen molar-refractivity contribution in [2.45, 2.75) is 13.5 Å². The van der Waals surface area contributed by atoms with E-state index in [9.17, 15) is 4.79 Å². The monoisotopic (exact) mass is 349 g/mol. The zero-order valence-electron chi connectivity index (χ0n) is 14.9. The number of H-pyrrole nitrogens is 1. The summed E-state index contributed by atoms with van der Waals surface area (Å²) in [5.41, 5.74) is 4.93. The lowest BCUT2D eigenvalue weighted by atomic mass is 10.1. The smallest absolute Gasteiger partial charge is 0.253 e. The Bertz CT molecular complexity index is 957. The van der Waals surface area contributed by atoms with Gasteiger partial charge in [-0.1, -0.05) is 12.1 Å². The van der Waals surface area contributed by atoms with Crippen molar-refractivity contribution in [2.75, 3.05) is 36.5 Å². The highest BCUT2D eigenvalue weighted by Crippen LogP contribution is 2.20. The third-order valence-corrected chi connectivity index (χ3v) is 4.80. The van der Waals surface area contributed by atoms with E-state index in [0.29, 0.717) is 6.54 Å². The van der Waals surface area contributed by atoms with Crippen LogP contribution in [0.15, 0.2) is 53.3 Å². The fraction of sp³-hybridized carbons (Fsp3) is 0.286. The molecule has 1 saturated heterocycles. The zero-order valence-corrected chi connectivity index (χ0v) is 14.9. The number of morpholine rings is 1. The number of ether oxygens (including phenoxy) is 1. The first-order valence-electron chi connectivity index (χ1n) is 8.98. The quantitative estimate of drug-likeness (QED) is 0.759. The fourth-order valence-electron chi connectivity index (χ4n) is 3.30. The Labute approximate surface area is 152 Å². The maximum absolute atomic E-state index is 12.3. The number of anilines is 2. The van der Waals surface area contributed by atoms with Crippen LogP contribution >= 0.6 is 0 Å². The minimum atomic E-state index is -0.0412. The topological polar surface area (TPSA) is 57.4 Å². The zero-order chi connectivity index (χ0) is 17.9. The molecule has 1 aliphatic heterocycles. The highest BCUT2D eigenvalue weighted by Gasteiger charge is 2.10. The molecule has 5 nitrogen and oxygen atoms in total. The molecule has 4 rings (SSSR count). The number of nitrogens with one attached hydrogen (secondary N) is 2. The number of fused-ring (bicyclic) bond motifs is 1. The van der Waals surface area contributed by atoms with Gasteiger partial charge in [-0.15, -0.1) is 0 Å². The van der Waals surface area contributed by atoms with E-state index < -0.39 is 0 Å². The van der Waals surface area contributed by atoms with E-state index in [0.717, 1.165) is 54.0 Å². The standard InChI is InChI=1S/C21H23N3O2/c1-15-2-3-16-13-17(21(25)23-20(16)12-15)14-22-18-4-6-19(7-5-18)24-8-10-26-11-9-24/h2-7,12-13,22H,8-11,14H2,1H3,(H,23,25). The van der Waals surface area contributed by atoms with Gasteiger partial charge in [0.25, 0.3) is 5.56 Å². The molecule has 26 heavy (non-hydrogen) atoms. The van der Waals surface area contributed by atoms with Gasteiger partial charge in [0.1, 0.15) is 0 Å². The Kier molecular flexibility index (Phi) is 4.63. The SMILES string of the molecule is Cc1ccc2cc(CNc3ccc(N4CCOCC4)cc3)c(=O)[nH]c2c1. The molecule has 0 aliphatic carbocycles. The van der Waals surface area contributed by atoms with Crippen molar-refractivity contribution < 1.29 is 4.74 Å². The first-order chi connectivity index (χ1) is 12.7. The van der Waals surface area contributed by atoms with Crippen molar-refractivity contribution in [2.24, 2.45) is 0 Å². The number of hydrogen-bond donors (Lipinski definition) is 2. The van der Waals surface area contributed by atoms with E-state index in [1.807, 2.05) is 25.1 Å². The lowest BCUT2D eigenvalue weighted by Gasteiger charge is -2.28. The summed E-state index contributed by atoms with van der Waals surface area (Å²) < 4.78 is 5.39. The number of benzene rings is 2. The molecule has 0 unspecified atom stereocenters. The predicted octanol–water partition coefficient (Wildman–Crippen LogP) is 3.29.